The molecule has 0 aliphatic rings. The van der Waals surface area contributed by atoms with Gasteiger partial charge >= 0.3 is 12.1 Å². The Labute approximate surface area is 122 Å². The summed E-state index contributed by atoms with van der Waals surface area (Å²) in [6, 6.07) is 3.36. The minimum absolute atomic E-state index is 0.0616. The molecule has 0 fully saturated rings. The maximum atomic E-state index is 12.5. The minimum atomic E-state index is -5.16. The van der Waals surface area contributed by atoms with Crippen molar-refractivity contribution in [2.75, 3.05) is 6.61 Å². The molecule has 20 heavy (non-hydrogen) atoms. The highest BCUT2D eigenvalue weighted by Crippen LogP contribution is 2.32. The summed E-state index contributed by atoms with van der Waals surface area (Å²) >= 11 is 11.3. The zero-order valence-electron chi connectivity index (χ0n) is 10.1. The first-order chi connectivity index (χ1) is 9.18. The number of Topliss-reactive ketones (excluding diaryl/α,β-unsaturated/α-hetero) is 1. The second kappa shape index (κ2) is 6.45. The number of alkyl halides is 3. The summed E-state index contributed by atoms with van der Waals surface area (Å²) in [4.78, 5) is 23.0. The van der Waals surface area contributed by atoms with E-state index >= 15 is 0 Å². The predicted octanol–water partition coefficient (Wildman–Crippen LogP) is 3.77. The van der Waals surface area contributed by atoms with E-state index in [1.54, 1.807) is 0 Å². The van der Waals surface area contributed by atoms with Gasteiger partial charge in [0.05, 0.1) is 16.7 Å². The standard InChI is InChI=1S/C12H9Cl2F3O3/c1-2-20-11(19)9(10(18)12(15,16)17)6-3-4-7(13)8(14)5-6/h3-5,9H,2H2,1H3. The number of ketones is 1. The number of hydrogen-bond donors (Lipinski definition) is 0. The molecule has 0 bridgehead atoms. The Balaban J connectivity index is 3.26. The van der Waals surface area contributed by atoms with Crippen LogP contribution in [0.5, 0.6) is 0 Å². The average Bonchev–Trinajstić information content (AvgIpc) is 2.33. The van der Waals surface area contributed by atoms with Gasteiger partial charge in [-0.05, 0) is 24.6 Å². The molecule has 0 saturated carbocycles. The third-order valence-corrected chi connectivity index (χ3v) is 3.08. The molecular formula is C12H9Cl2F3O3. The van der Waals surface area contributed by atoms with Crippen molar-refractivity contribution >= 4 is 35.0 Å². The number of hydrogen-bond acceptors (Lipinski definition) is 3. The third-order valence-electron chi connectivity index (χ3n) is 2.34. The number of benzene rings is 1. The van der Waals surface area contributed by atoms with Crippen LogP contribution in [0.1, 0.15) is 18.4 Å². The van der Waals surface area contributed by atoms with Crippen molar-refractivity contribution in [3.8, 4) is 0 Å². The lowest BCUT2D eigenvalue weighted by molar-refractivity contribution is -0.177. The summed E-state index contributed by atoms with van der Waals surface area (Å²) in [7, 11) is 0. The molecule has 1 aromatic carbocycles. The van der Waals surface area contributed by atoms with Gasteiger partial charge in [-0.25, -0.2) is 0 Å². The first kappa shape index (κ1) is 16.8. The van der Waals surface area contributed by atoms with Gasteiger partial charge < -0.3 is 4.74 Å². The van der Waals surface area contributed by atoms with Gasteiger partial charge in [0.1, 0.15) is 5.92 Å². The Kier molecular flexibility index (Phi) is 5.42. The Bertz CT molecular complexity index is 529. The molecule has 0 saturated heterocycles. The van der Waals surface area contributed by atoms with E-state index in [9.17, 15) is 22.8 Å². The zero-order valence-corrected chi connectivity index (χ0v) is 11.6. The molecule has 1 aromatic rings. The SMILES string of the molecule is CCOC(=O)C(C(=O)C(F)(F)F)c1ccc(Cl)c(Cl)c1. The molecule has 1 atom stereocenters. The summed E-state index contributed by atoms with van der Waals surface area (Å²) in [6.45, 7) is 1.27. The largest absolute Gasteiger partial charge is 0.465 e. The Morgan fingerprint density at radius 2 is 1.85 bits per heavy atom. The number of ether oxygens (including phenoxy) is 1. The number of rotatable bonds is 4. The van der Waals surface area contributed by atoms with Crippen molar-refractivity contribution in [3.63, 3.8) is 0 Å². The van der Waals surface area contributed by atoms with E-state index in [0.717, 1.165) is 12.1 Å². The van der Waals surface area contributed by atoms with E-state index < -0.39 is 23.8 Å². The van der Waals surface area contributed by atoms with Crippen LogP contribution in [0.2, 0.25) is 10.0 Å². The molecule has 110 valence electrons. The van der Waals surface area contributed by atoms with Crippen LogP contribution in [0.3, 0.4) is 0 Å². The molecule has 0 N–H and O–H groups in total. The van der Waals surface area contributed by atoms with Gasteiger partial charge in [-0.3, -0.25) is 9.59 Å². The fourth-order valence-electron chi connectivity index (χ4n) is 1.48. The number of carbonyl (C=O) groups is 2. The second-order valence-corrected chi connectivity index (χ2v) is 4.54. The van der Waals surface area contributed by atoms with Crippen molar-refractivity contribution in [2.24, 2.45) is 0 Å². The van der Waals surface area contributed by atoms with Gasteiger partial charge in [-0.1, -0.05) is 29.3 Å². The Morgan fingerprint density at radius 3 is 2.30 bits per heavy atom. The molecule has 0 amide bonds. The molecule has 0 aliphatic heterocycles. The van der Waals surface area contributed by atoms with E-state index in [1.165, 1.54) is 13.0 Å². The van der Waals surface area contributed by atoms with Crippen LogP contribution in [0.15, 0.2) is 18.2 Å². The molecule has 8 heteroatoms. The highest BCUT2D eigenvalue weighted by Gasteiger charge is 2.47. The summed E-state index contributed by atoms with van der Waals surface area (Å²) < 4.78 is 42.2. The van der Waals surface area contributed by atoms with Crippen LogP contribution in [-0.2, 0) is 14.3 Å². The van der Waals surface area contributed by atoms with Crippen molar-refractivity contribution in [1.29, 1.82) is 0 Å². The molecule has 1 rings (SSSR count). The van der Waals surface area contributed by atoms with Crippen molar-refractivity contribution in [2.45, 2.75) is 19.0 Å². The third kappa shape index (κ3) is 3.86. The van der Waals surface area contributed by atoms with Gasteiger partial charge in [0, 0.05) is 0 Å². The summed E-state index contributed by atoms with van der Waals surface area (Å²) in [5, 5.41) is 0.0333. The Hall–Kier alpha value is -1.27. The maximum Gasteiger partial charge on any atom is 0.451 e. The fourth-order valence-corrected chi connectivity index (χ4v) is 1.78. The van der Waals surface area contributed by atoms with E-state index in [2.05, 4.69) is 4.74 Å². The lowest BCUT2D eigenvalue weighted by atomic mass is 9.94. The quantitative estimate of drug-likeness (QED) is 0.624. The van der Waals surface area contributed by atoms with Gasteiger partial charge in [0.2, 0.25) is 0 Å². The molecule has 0 radical (unpaired) electrons. The van der Waals surface area contributed by atoms with E-state index in [4.69, 9.17) is 23.2 Å². The van der Waals surface area contributed by atoms with Gasteiger partial charge in [0.15, 0.2) is 0 Å². The first-order valence-electron chi connectivity index (χ1n) is 5.41. The molecule has 0 heterocycles. The topological polar surface area (TPSA) is 43.4 Å². The van der Waals surface area contributed by atoms with Crippen molar-refractivity contribution < 1.29 is 27.5 Å². The minimum Gasteiger partial charge on any atom is -0.465 e. The lowest BCUT2D eigenvalue weighted by Crippen LogP contribution is -2.34. The van der Waals surface area contributed by atoms with Crippen LogP contribution >= 0.6 is 23.2 Å². The van der Waals surface area contributed by atoms with Crippen LogP contribution in [0.25, 0.3) is 0 Å². The van der Waals surface area contributed by atoms with Crippen LogP contribution in [0.4, 0.5) is 13.2 Å². The number of halogens is 5. The summed E-state index contributed by atoms with van der Waals surface area (Å²) in [5.74, 6) is -5.60. The second-order valence-electron chi connectivity index (χ2n) is 3.72. The van der Waals surface area contributed by atoms with Gasteiger partial charge in [-0.15, -0.1) is 0 Å². The van der Waals surface area contributed by atoms with E-state index in [0.29, 0.717) is 0 Å². The number of carbonyl (C=O) groups excluding carboxylic acids is 2. The lowest BCUT2D eigenvalue weighted by Gasteiger charge is -2.17. The fraction of sp³-hybridized carbons (Fsp3) is 0.333. The van der Waals surface area contributed by atoms with Gasteiger partial charge in [0.25, 0.3) is 5.78 Å². The smallest absolute Gasteiger partial charge is 0.451 e. The predicted molar refractivity (Wildman–Crippen MR) is 66.9 cm³/mol. The summed E-state index contributed by atoms with van der Waals surface area (Å²) in [5.41, 5.74) is -0.222. The number of esters is 1. The highest BCUT2D eigenvalue weighted by molar-refractivity contribution is 6.42. The van der Waals surface area contributed by atoms with Crippen molar-refractivity contribution in [1.82, 2.24) is 0 Å². The molecule has 1 unspecified atom stereocenters. The normalized spacial score (nSPS) is 12.9. The van der Waals surface area contributed by atoms with Gasteiger partial charge in [-0.2, -0.15) is 13.2 Å². The summed E-state index contributed by atoms with van der Waals surface area (Å²) in [6.07, 6.45) is -5.16. The van der Waals surface area contributed by atoms with Crippen LogP contribution < -0.4 is 0 Å². The maximum absolute atomic E-state index is 12.5. The van der Waals surface area contributed by atoms with E-state index in [1.807, 2.05) is 0 Å². The van der Waals surface area contributed by atoms with E-state index in [-0.39, 0.29) is 22.2 Å². The van der Waals surface area contributed by atoms with Crippen molar-refractivity contribution in [3.05, 3.63) is 33.8 Å². The zero-order chi connectivity index (χ0) is 15.5. The Morgan fingerprint density at radius 1 is 1.25 bits per heavy atom. The molecular weight excluding hydrogens is 320 g/mol. The average molecular weight is 329 g/mol. The molecule has 0 aliphatic carbocycles. The van der Waals surface area contributed by atoms with Crippen LogP contribution in [-0.4, -0.2) is 24.5 Å². The highest BCUT2D eigenvalue weighted by atomic mass is 35.5. The monoisotopic (exact) mass is 328 g/mol. The first-order valence-corrected chi connectivity index (χ1v) is 6.16. The molecule has 0 spiro atoms. The van der Waals surface area contributed by atoms with Crippen LogP contribution in [0, 0.1) is 0 Å². The molecule has 0 aromatic heterocycles. The molecule has 3 nitrogen and oxygen atoms in total.